The van der Waals surface area contributed by atoms with Crippen molar-refractivity contribution in [2.75, 3.05) is 13.7 Å². The predicted molar refractivity (Wildman–Crippen MR) is 67.8 cm³/mol. The highest BCUT2D eigenvalue weighted by Crippen LogP contribution is 2.17. The van der Waals surface area contributed by atoms with E-state index in [1.54, 1.807) is 6.07 Å². The van der Waals surface area contributed by atoms with Gasteiger partial charge in [0.2, 0.25) is 0 Å². The lowest BCUT2D eigenvalue weighted by molar-refractivity contribution is -0.140. The van der Waals surface area contributed by atoms with E-state index in [-0.39, 0.29) is 24.8 Å². The molecule has 0 spiro atoms. The molecule has 4 nitrogen and oxygen atoms in total. The third kappa shape index (κ3) is 4.19. The standard InChI is InChI=1S/C12H14BrNO3/c1-8-3-4-10(13)9(7-8)12(16)14-6-5-11(15)17-2/h3-4,7H,5-6H2,1-2H3,(H,14,16). The first kappa shape index (κ1) is 13.7. The lowest BCUT2D eigenvalue weighted by Gasteiger charge is -2.07. The Morgan fingerprint density at radius 1 is 1.41 bits per heavy atom. The summed E-state index contributed by atoms with van der Waals surface area (Å²) in [6.45, 7) is 2.18. The number of carbonyl (C=O) groups excluding carboxylic acids is 2. The first-order chi connectivity index (χ1) is 8.04. The van der Waals surface area contributed by atoms with E-state index < -0.39 is 0 Å². The van der Waals surface area contributed by atoms with E-state index in [0.717, 1.165) is 10.0 Å². The summed E-state index contributed by atoms with van der Waals surface area (Å²) in [6, 6.07) is 5.53. The number of rotatable bonds is 4. The van der Waals surface area contributed by atoms with Gasteiger partial charge in [0.1, 0.15) is 0 Å². The first-order valence-corrected chi connectivity index (χ1v) is 5.95. The van der Waals surface area contributed by atoms with Gasteiger partial charge in [-0.2, -0.15) is 0 Å². The molecule has 0 atom stereocenters. The number of aryl methyl sites for hydroxylation is 1. The van der Waals surface area contributed by atoms with Crippen LogP contribution in [0.4, 0.5) is 0 Å². The molecule has 0 heterocycles. The van der Waals surface area contributed by atoms with E-state index in [1.807, 2.05) is 19.1 Å². The lowest BCUT2D eigenvalue weighted by atomic mass is 10.1. The van der Waals surface area contributed by atoms with Gasteiger partial charge >= 0.3 is 5.97 Å². The van der Waals surface area contributed by atoms with Crippen molar-refractivity contribution in [2.45, 2.75) is 13.3 Å². The van der Waals surface area contributed by atoms with Gasteiger partial charge in [-0.25, -0.2) is 0 Å². The van der Waals surface area contributed by atoms with Gasteiger partial charge in [-0.1, -0.05) is 11.6 Å². The van der Waals surface area contributed by atoms with Gasteiger partial charge in [0.25, 0.3) is 5.91 Å². The molecule has 0 fully saturated rings. The van der Waals surface area contributed by atoms with Crippen molar-refractivity contribution < 1.29 is 14.3 Å². The van der Waals surface area contributed by atoms with Crippen molar-refractivity contribution in [1.82, 2.24) is 5.32 Å². The van der Waals surface area contributed by atoms with Crippen LogP contribution in [0.3, 0.4) is 0 Å². The Morgan fingerprint density at radius 2 is 2.12 bits per heavy atom. The van der Waals surface area contributed by atoms with Crippen molar-refractivity contribution in [1.29, 1.82) is 0 Å². The number of carbonyl (C=O) groups is 2. The normalized spacial score (nSPS) is 9.82. The summed E-state index contributed by atoms with van der Waals surface area (Å²) in [5.41, 5.74) is 1.57. The smallest absolute Gasteiger partial charge is 0.307 e. The third-order valence-corrected chi connectivity index (χ3v) is 2.90. The molecule has 1 N–H and O–H groups in total. The quantitative estimate of drug-likeness (QED) is 0.866. The number of methoxy groups -OCH3 is 1. The van der Waals surface area contributed by atoms with Crippen LogP contribution < -0.4 is 5.32 Å². The molecule has 0 unspecified atom stereocenters. The van der Waals surface area contributed by atoms with Gasteiger partial charge < -0.3 is 10.1 Å². The molecule has 0 aliphatic heterocycles. The van der Waals surface area contributed by atoms with E-state index in [4.69, 9.17) is 0 Å². The van der Waals surface area contributed by atoms with Gasteiger partial charge in [-0.3, -0.25) is 9.59 Å². The fourth-order valence-electron chi connectivity index (χ4n) is 1.29. The Hall–Kier alpha value is -1.36. The van der Waals surface area contributed by atoms with Crippen LogP contribution in [0.2, 0.25) is 0 Å². The van der Waals surface area contributed by atoms with E-state index in [2.05, 4.69) is 26.0 Å². The van der Waals surface area contributed by atoms with Gasteiger partial charge in [0.05, 0.1) is 19.1 Å². The zero-order valence-corrected chi connectivity index (χ0v) is 11.3. The molecule has 0 saturated heterocycles. The van der Waals surface area contributed by atoms with Crippen LogP contribution >= 0.6 is 15.9 Å². The minimum absolute atomic E-state index is 0.172. The zero-order valence-electron chi connectivity index (χ0n) is 9.75. The van der Waals surface area contributed by atoms with Crippen LogP contribution in [0.5, 0.6) is 0 Å². The number of nitrogens with one attached hydrogen (secondary N) is 1. The maximum atomic E-state index is 11.8. The van der Waals surface area contributed by atoms with Crippen LogP contribution in [0.1, 0.15) is 22.3 Å². The molecule has 1 rings (SSSR count). The minimum atomic E-state index is -0.339. The van der Waals surface area contributed by atoms with Crippen molar-refractivity contribution in [3.63, 3.8) is 0 Å². The van der Waals surface area contributed by atoms with E-state index in [1.165, 1.54) is 7.11 Å². The molecule has 1 aromatic rings. The number of halogens is 1. The summed E-state index contributed by atoms with van der Waals surface area (Å²) in [6.07, 6.45) is 0.172. The summed E-state index contributed by atoms with van der Waals surface area (Å²) < 4.78 is 5.22. The predicted octanol–water partition coefficient (Wildman–Crippen LogP) is 2.05. The van der Waals surface area contributed by atoms with Crippen LogP contribution in [-0.4, -0.2) is 25.5 Å². The van der Waals surface area contributed by atoms with Crippen LogP contribution in [-0.2, 0) is 9.53 Å². The number of hydrogen-bond donors (Lipinski definition) is 1. The van der Waals surface area contributed by atoms with Gasteiger partial charge in [0, 0.05) is 11.0 Å². The zero-order chi connectivity index (χ0) is 12.8. The Morgan fingerprint density at radius 3 is 2.76 bits per heavy atom. The van der Waals surface area contributed by atoms with Gasteiger partial charge in [-0.15, -0.1) is 0 Å². The average molecular weight is 300 g/mol. The SMILES string of the molecule is COC(=O)CCNC(=O)c1cc(C)ccc1Br. The molecule has 0 aliphatic carbocycles. The number of ether oxygens (including phenoxy) is 1. The maximum Gasteiger partial charge on any atom is 0.307 e. The molecule has 5 heteroatoms. The number of amides is 1. The van der Waals surface area contributed by atoms with Crippen LogP contribution in [0, 0.1) is 6.92 Å². The second-order valence-corrected chi connectivity index (χ2v) is 4.42. The molecule has 1 amide bonds. The molecule has 0 aromatic heterocycles. The molecular weight excluding hydrogens is 286 g/mol. The summed E-state index contributed by atoms with van der Waals surface area (Å²) in [7, 11) is 1.32. The maximum absolute atomic E-state index is 11.8. The highest BCUT2D eigenvalue weighted by molar-refractivity contribution is 9.10. The van der Waals surface area contributed by atoms with Crippen LogP contribution in [0.15, 0.2) is 22.7 Å². The van der Waals surface area contributed by atoms with E-state index >= 15 is 0 Å². The first-order valence-electron chi connectivity index (χ1n) is 5.15. The summed E-state index contributed by atoms with van der Waals surface area (Å²) >= 11 is 3.31. The number of esters is 1. The van der Waals surface area contributed by atoms with Crippen LogP contribution in [0.25, 0.3) is 0 Å². The molecule has 0 saturated carbocycles. The molecule has 0 radical (unpaired) electrons. The summed E-state index contributed by atoms with van der Waals surface area (Å²) in [5.74, 6) is -0.543. The Kier molecular flexibility index (Phi) is 5.15. The highest BCUT2D eigenvalue weighted by Gasteiger charge is 2.10. The lowest BCUT2D eigenvalue weighted by Crippen LogP contribution is -2.26. The summed E-state index contributed by atoms with van der Waals surface area (Å²) in [4.78, 5) is 22.7. The van der Waals surface area contributed by atoms with Gasteiger partial charge in [-0.05, 0) is 35.0 Å². The van der Waals surface area contributed by atoms with Crippen molar-refractivity contribution in [2.24, 2.45) is 0 Å². The monoisotopic (exact) mass is 299 g/mol. The Balaban J connectivity index is 2.58. The molecule has 0 aliphatic rings. The molecular formula is C12H14BrNO3. The van der Waals surface area contributed by atoms with Crippen molar-refractivity contribution in [3.8, 4) is 0 Å². The molecule has 1 aromatic carbocycles. The molecule has 0 bridgehead atoms. The average Bonchev–Trinajstić information content (AvgIpc) is 2.31. The fourth-order valence-corrected chi connectivity index (χ4v) is 1.72. The van der Waals surface area contributed by atoms with E-state index in [9.17, 15) is 9.59 Å². The molecule has 17 heavy (non-hydrogen) atoms. The Bertz CT molecular complexity index is 432. The number of benzene rings is 1. The highest BCUT2D eigenvalue weighted by atomic mass is 79.9. The largest absolute Gasteiger partial charge is 0.469 e. The van der Waals surface area contributed by atoms with Crippen molar-refractivity contribution >= 4 is 27.8 Å². The minimum Gasteiger partial charge on any atom is -0.469 e. The third-order valence-electron chi connectivity index (χ3n) is 2.21. The van der Waals surface area contributed by atoms with Crippen molar-refractivity contribution in [3.05, 3.63) is 33.8 Å². The number of hydrogen-bond acceptors (Lipinski definition) is 3. The Labute approximate surface area is 108 Å². The molecule has 92 valence electrons. The summed E-state index contributed by atoms with van der Waals surface area (Å²) in [5, 5.41) is 2.66. The second kappa shape index (κ2) is 6.39. The fraction of sp³-hybridized carbons (Fsp3) is 0.333. The topological polar surface area (TPSA) is 55.4 Å². The van der Waals surface area contributed by atoms with Gasteiger partial charge in [0.15, 0.2) is 0 Å². The van der Waals surface area contributed by atoms with E-state index in [0.29, 0.717) is 5.56 Å². The second-order valence-electron chi connectivity index (χ2n) is 3.57.